The van der Waals surface area contributed by atoms with Crippen molar-refractivity contribution in [3.05, 3.63) is 28.8 Å². The molecule has 0 aliphatic heterocycles. The molecule has 1 aliphatic rings. The lowest BCUT2D eigenvalue weighted by Crippen LogP contribution is -2.31. The maximum atomic E-state index is 6.52. The van der Waals surface area contributed by atoms with Crippen molar-refractivity contribution in [2.24, 2.45) is 5.92 Å². The lowest BCUT2D eigenvalue weighted by molar-refractivity contribution is 0.602. The number of hydrogen-bond donors (Lipinski definition) is 1. The zero-order valence-corrected chi connectivity index (χ0v) is 13.7. The summed E-state index contributed by atoms with van der Waals surface area (Å²) in [7, 11) is 0. The van der Waals surface area contributed by atoms with Gasteiger partial charge in [-0.1, -0.05) is 44.5 Å². The second-order valence-corrected chi connectivity index (χ2v) is 6.61. The number of hydrogen-bond acceptors (Lipinski definition) is 2. The van der Waals surface area contributed by atoms with Crippen LogP contribution in [0.15, 0.2) is 18.2 Å². The fraction of sp³-hybridized carbons (Fsp3) is 0.647. The summed E-state index contributed by atoms with van der Waals surface area (Å²) in [6.07, 6.45) is 3.77. The molecule has 0 bridgehead atoms. The van der Waals surface area contributed by atoms with Gasteiger partial charge in [0, 0.05) is 19.1 Å². The van der Waals surface area contributed by atoms with Crippen molar-refractivity contribution in [1.82, 2.24) is 5.32 Å². The van der Waals surface area contributed by atoms with E-state index in [1.807, 2.05) is 6.07 Å². The van der Waals surface area contributed by atoms with Crippen LogP contribution < -0.4 is 10.2 Å². The third-order valence-electron chi connectivity index (χ3n) is 3.65. The van der Waals surface area contributed by atoms with Crippen LogP contribution in [0.2, 0.25) is 5.02 Å². The molecule has 1 saturated carbocycles. The predicted molar refractivity (Wildman–Crippen MR) is 88.7 cm³/mol. The van der Waals surface area contributed by atoms with Crippen LogP contribution >= 0.6 is 11.6 Å². The monoisotopic (exact) mass is 294 g/mol. The van der Waals surface area contributed by atoms with E-state index >= 15 is 0 Å². The van der Waals surface area contributed by atoms with Gasteiger partial charge in [0.25, 0.3) is 0 Å². The molecule has 1 aliphatic carbocycles. The lowest BCUT2D eigenvalue weighted by Gasteiger charge is -2.30. The third kappa shape index (κ3) is 4.13. The fourth-order valence-electron chi connectivity index (χ4n) is 2.63. The van der Waals surface area contributed by atoms with Gasteiger partial charge in [0.1, 0.15) is 0 Å². The molecule has 2 rings (SSSR count). The summed E-state index contributed by atoms with van der Waals surface area (Å²) in [5, 5.41) is 4.40. The van der Waals surface area contributed by atoms with Gasteiger partial charge in [-0.15, -0.1) is 0 Å². The maximum absolute atomic E-state index is 6.52. The smallest absolute Gasteiger partial charge is 0.0643 e. The van der Waals surface area contributed by atoms with Crippen LogP contribution in [0.5, 0.6) is 0 Å². The number of para-hydroxylation sites is 1. The zero-order chi connectivity index (χ0) is 14.5. The van der Waals surface area contributed by atoms with E-state index in [0.717, 1.165) is 31.1 Å². The quantitative estimate of drug-likeness (QED) is 0.712. The fourth-order valence-corrected chi connectivity index (χ4v) is 2.93. The second kappa shape index (κ2) is 7.33. The molecule has 0 spiro atoms. The Balaban J connectivity index is 2.22. The van der Waals surface area contributed by atoms with Crippen molar-refractivity contribution in [3.8, 4) is 0 Å². The number of benzene rings is 1. The molecule has 1 aromatic carbocycles. The minimum atomic E-state index is 0.656. The van der Waals surface area contributed by atoms with E-state index in [0.29, 0.717) is 12.0 Å². The highest BCUT2D eigenvalue weighted by atomic mass is 35.5. The third-order valence-corrected chi connectivity index (χ3v) is 3.95. The SMILES string of the molecule is CCCNCc1cccc(Cl)c1N(CC(C)C)C1CC1. The van der Waals surface area contributed by atoms with Crippen LogP contribution in [0.1, 0.15) is 45.6 Å². The highest BCUT2D eigenvalue weighted by Crippen LogP contribution is 2.38. The van der Waals surface area contributed by atoms with Crippen LogP contribution in [0.4, 0.5) is 5.69 Å². The zero-order valence-electron chi connectivity index (χ0n) is 13.0. The first kappa shape index (κ1) is 15.7. The lowest BCUT2D eigenvalue weighted by atomic mass is 10.1. The average Bonchev–Trinajstić information content (AvgIpc) is 3.21. The minimum Gasteiger partial charge on any atom is -0.367 e. The van der Waals surface area contributed by atoms with Crippen molar-refractivity contribution in [2.45, 2.75) is 52.6 Å². The first-order chi connectivity index (χ1) is 9.63. The largest absolute Gasteiger partial charge is 0.367 e. The minimum absolute atomic E-state index is 0.656. The number of rotatable bonds is 8. The highest BCUT2D eigenvalue weighted by molar-refractivity contribution is 6.33. The average molecular weight is 295 g/mol. The Hall–Kier alpha value is -0.730. The first-order valence-electron chi connectivity index (χ1n) is 7.88. The van der Waals surface area contributed by atoms with E-state index < -0.39 is 0 Å². The van der Waals surface area contributed by atoms with Gasteiger partial charge in [-0.05, 0) is 43.4 Å². The summed E-state index contributed by atoms with van der Waals surface area (Å²) >= 11 is 6.52. The van der Waals surface area contributed by atoms with Gasteiger partial charge in [-0.25, -0.2) is 0 Å². The number of anilines is 1. The van der Waals surface area contributed by atoms with Crippen molar-refractivity contribution in [2.75, 3.05) is 18.0 Å². The summed E-state index contributed by atoms with van der Waals surface area (Å²) in [4.78, 5) is 2.54. The summed E-state index contributed by atoms with van der Waals surface area (Å²) in [5.41, 5.74) is 2.59. The van der Waals surface area contributed by atoms with E-state index in [4.69, 9.17) is 11.6 Å². The first-order valence-corrected chi connectivity index (χ1v) is 8.26. The van der Waals surface area contributed by atoms with Gasteiger partial charge in [0.15, 0.2) is 0 Å². The Morgan fingerprint density at radius 3 is 2.70 bits per heavy atom. The maximum Gasteiger partial charge on any atom is 0.0643 e. The molecular formula is C17H27ClN2. The number of nitrogens with zero attached hydrogens (tertiary/aromatic N) is 1. The summed E-state index contributed by atoms with van der Waals surface area (Å²) in [6, 6.07) is 6.99. The molecule has 2 nitrogen and oxygen atoms in total. The van der Waals surface area contributed by atoms with Crippen LogP contribution in [-0.4, -0.2) is 19.1 Å². The molecule has 3 heteroatoms. The summed E-state index contributed by atoms with van der Waals surface area (Å²) in [5.74, 6) is 0.656. The predicted octanol–water partition coefficient (Wildman–Crippen LogP) is 4.46. The summed E-state index contributed by atoms with van der Waals surface area (Å²) < 4.78 is 0. The molecule has 1 N–H and O–H groups in total. The van der Waals surface area contributed by atoms with Crippen LogP contribution in [0.3, 0.4) is 0 Å². The van der Waals surface area contributed by atoms with Gasteiger partial charge in [0.2, 0.25) is 0 Å². The molecule has 1 fully saturated rings. The normalized spacial score (nSPS) is 14.8. The van der Waals surface area contributed by atoms with E-state index in [9.17, 15) is 0 Å². The standard InChI is InChI=1S/C17H27ClN2/c1-4-10-19-11-14-6-5-7-16(18)17(14)20(12-13(2)3)15-8-9-15/h5-7,13,15,19H,4,8-12H2,1-3H3. The van der Waals surface area contributed by atoms with Crippen molar-refractivity contribution < 1.29 is 0 Å². The molecular weight excluding hydrogens is 268 g/mol. The molecule has 0 atom stereocenters. The molecule has 0 amide bonds. The van der Waals surface area contributed by atoms with Gasteiger partial charge >= 0.3 is 0 Å². The van der Waals surface area contributed by atoms with Gasteiger partial charge in [0.05, 0.1) is 10.7 Å². The van der Waals surface area contributed by atoms with Gasteiger partial charge in [-0.2, -0.15) is 0 Å². The second-order valence-electron chi connectivity index (χ2n) is 6.20. The molecule has 112 valence electrons. The van der Waals surface area contributed by atoms with Crippen molar-refractivity contribution in [3.63, 3.8) is 0 Å². The molecule has 20 heavy (non-hydrogen) atoms. The molecule has 0 unspecified atom stereocenters. The number of halogens is 1. The Labute approximate surface area is 128 Å². The van der Waals surface area contributed by atoms with E-state index in [2.05, 4.69) is 43.1 Å². The Kier molecular flexibility index (Phi) is 5.74. The Morgan fingerprint density at radius 1 is 1.35 bits per heavy atom. The molecule has 0 aromatic heterocycles. The van der Waals surface area contributed by atoms with E-state index in [1.165, 1.54) is 24.1 Å². The molecule has 1 aromatic rings. The topological polar surface area (TPSA) is 15.3 Å². The number of nitrogens with one attached hydrogen (secondary N) is 1. The van der Waals surface area contributed by atoms with Gasteiger partial charge in [-0.3, -0.25) is 0 Å². The van der Waals surface area contributed by atoms with E-state index in [-0.39, 0.29) is 0 Å². The molecule has 0 heterocycles. The molecule has 0 saturated heterocycles. The van der Waals surface area contributed by atoms with Crippen molar-refractivity contribution >= 4 is 17.3 Å². The Bertz CT molecular complexity index is 427. The summed E-state index contributed by atoms with van der Waals surface area (Å²) in [6.45, 7) is 9.81. The Morgan fingerprint density at radius 2 is 2.10 bits per heavy atom. The molecule has 0 radical (unpaired) electrons. The highest BCUT2D eigenvalue weighted by Gasteiger charge is 2.31. The van der Waals surface area contributed by atoms with Crippen LogP contribution in [0, 0.1) is 5.92 Å². The van der Waals surface area contributed by atoms with Crippen molar-refractivity contribution in [1.29, 1.82) is 0 Å². The van der Waals surface area contributed by atoms with Gasteiger partial charge < -0.3 is 10.2 Å². The van der Waals surface area contributed by atoms with Crippen LogP contribution in [-0.2, 0) is 6.54 Å². The van der Waals surface area contributed by atoms with E-state index in [1.54, 1.807) is 0 Å². The van der Waals surface area contributed by atoms with Crippen LogP contribution in [0.25, 0.3) is 0 Å².